The zero-order valence-corrected chi connectivity index (χ0v) is 6.64. The van der Waals surface area contributed by atoms with Gasteiger partial charge >= 0.3 is 8.03 Å². The van der Waals surface area contributed by atoms with Crippen LogP contribution in [-0.4, -0.2) is 4.89 Å². The molecule has 0 aromatic carbocycles. The largest absolute Gasteiger partial charge is 0.537 e. The molecule has 0 rings (SSSR count). The molecule has 0 aromatic rings. The molecule has 0 heterocycles. The maximum atomic E-state index is 10.0. The van der Waals surface area contributed by atoms with E-state index in [1.807, 2.05) is 0 Å². The molecule has 0 aromatic heterocycles. The van der Waals surface area contributed by atoms with Gasteiger partial charge in [0, 0.05) is 0 Å². The molecule has 0 radical (unpaired) electrons. The first-order valence-electron chi connectivity index (χ1n) is 2.95. The monoisotopic (exact) mass is 147 g/mol. The van der Waals surface area contributed by atoms with Crippen LogP contribution in [0.3, 0.4) is 0 Å². The van der Waals surface area contributed by atoms with Gasteiger partial charge in [0.15, 0.2) is 5.82 Å². The third kappa shape index (κ3) is 7.80. The van der Waals surface area contributed by atoms with Crippen molar-refractivity contribution in [2.45, 2.75) is 20.3 Å². The van der Waals surface area contributed by atoms with Crippen LogP contribution < -0.4 is 0 Å². The van der Waals surface area contributed by atoms with Crippen LogP contribution in [-0.2, 0) is 4.57 Å². The third-order valence-electron chi connectivity index (χ3n) is 0.840. The molecule has 0 amide bonds. The van der Waals surface area contributed by atoms with Crippen LogP contribution in [0.1, 0.15) is 20.3 Å². The summed E-state index contributed by atoms with van der Waals surface area (Å²) < 4.78 is 10.0. The van der Waals surface area contributed by atoms with Gasteiger partial charge in [-0.2, -0.15) is 4.89 Å². The minimum Gasteiger partial charge on any atom is -0.157 e. The standard InChI is InChI=1S/C6H11O2P/c1-6(2)4-3-5-9(7)8/h3,5-6H,4H2,1-2H3/p+1. The summed E-state index contributed by atoms with van der Waals surface area (Å²) in [6, 6.07) is 0. The van der Waals surface area contributed by atoms with Crippen molar-refractivity contribution in [1.82, 2.24) is 0 Å². The Hall–Kier alpha value is -0.200. The van der Waals surface area contributed by atoms with E-state index in [2.05, 4.69) is 13.8 Å². The Morgan fingerprint density at radius 2 is 2.22 bits per heavy atom. The van der Waals surface area contributed by atoms with Crippen molar-refractivity contribution in [3.63, 3.8) is 0 Å². The zero-order valence-electron chi connectivity index (χ0n) is 5.74. The van der Waals surface area contributed by atoms with Crippen LogP contribution in [0.4, 0.5) is 0 Å². The average Bonchev–Trinajstić information content (AvgIpc) is 1.63. The highest BCUT2D eigenvalue weighted by atomic mass is 31.1. The summed E-state index contributed by atoms with van der Waals surface area (Å²) in [6.45, 7) is 4.13. The number of hydrogen-bond donors (Lipinski definition) is 1. The molecule has 0 saturated heterocycles. The number of rotatable bonds is 3. The van der Waals surface area contributed by atoms with Gasteiger partial charge in [-0.3, -0.25) is 0 Å². The van der Waals surface area contributed by atoms with E-state index < -0.39 is 8.03 Å². The molecule has 1 N–H and O–H groups in total. The summed E-state index contributed by atoms with van der Waals surface area (Å²) in [4.78, 5) is 8.29. The van der Waals surface area contributed by atoms with Crippen LogP contribution in [0.15, 0.2) is 11.9 Å². The summed E-state index contributed by atoms with van der Waals surface area (Å²) >= 11 is 0. The van der Waals surface area contributed by atoms with Crippen molar-refractivity contribution in [3.8, 4) is 0 Å². The Morgan fingerprint density at radius 3 is 2.56 bits per heavy atom. The van der Waals surface area contributed by atoms with Gasteiger partial charge in [-0.05, 0) is 23.0 Å². The smallest absolute Gasteiger partial charge is 0.157 e. The second kappa shape index (κ2) is 4.66. The van der Waals surface area contributed by atoms with Gasteiger partial charge in [-0.25, -0.2) is 0 Å². The summed E-state index contributed by atoms with van der Waals surface area (Å²) in [5.41, 5.74) is 0. The first-order chi connectivity index (χ1) is 4.13. The first-order valence-corrected chi connectivity index (χ1v) is 4.23. The molecule has 0 aliphatic rings. The van der Waals surface area contributed by atoms with Crippen molar-refractivity contribution in [1.29, 1.82) is 0 Å². The van der Waals surface area contributed by atoms with E-state index in [1.54, 1.807) is 6.08 Å². The van der Waals surface area contributed by atoms with Crippen LogP contribution in [0.2, 0.25) is 0 Å². The van der Waals surface area contributed by atoms with Gasteiger partial charge < -0.3 is 0 Å². The summed E-state index contributed by atoms with van der Waals surface area (Å²) in [6.07, 6.45) is 2.62. The lowest BCUT2D eigenvalue weighted by Crippen LogP contribution is -1.79. The fourth-order valence-electron chi connectivity index (χ4n) is 0.423. The number of hydrogen-bond acceptors (Lipinski definition) is 1. The second-order valence-electron chi connectivity index (χ2n) is 2.32. The van der Waals surface area contributed by atoms with E-state index in [-0.39, 0.29) is 0 Å². The minimum absolute atomic E-state index is 0.566. The van der Waals surface area contributed by atoms with Crippen LogP contribution in [0.5, 0.6) is 0 Å². The summed E-state index contributed by atoms with van der Waals surface area (Å²) in [5.74, 6) is 1.89. The van der Waals surface area contributed by atoms with Crippen LogP contribution in [0, 0.1) is 5.92 Å². The lowest BCUT2D eigenvalue weighted by atomic mass is 10.1. The second-order valence-corrected chi connectivity index (χ2v) is 3.22. The van der Waals surface area contributed by atoms with Gasteiger partial charge in [0.2, 0.25) is 0 Å². The van der Waals surface area contributed by atoms with E-state index in [0.717, 1.165) is 6.42 Å². The lowest BCUT2D eigenvalue weighted by Gasteiger charge is -1.92. The molecule has 1 atom stereocenters. The molecular formula is C6H12O2P+. The SMILES string of the molecule is CC(C)CC=C[P+](=O)O. The highest BCUT2D eigenvalue weighted by molar-refractivity contribution is 7.41. The van der Waals surface area contributed by atoms with Gasteiger partial charge in [0.25, 0.3) is 0 Å². The first kappa shape index (κ1) is 8.80. The molecule has 9 heavy (non-hydrogen) atoms. The maximum absolute atomic E-state index is 10.0. The molecule has 1 unspecified atom stereocenters. The Morgan fingerprint density at radius 1 is 1.67 bits per heavy atom. The Balaban J connectivity index is 3.36. The molecule has 2 nitrogen and oxygen atoms in total. The van der Waals surface area contributed by atoms with Crippen molar-refractivity contribution < 1.29 is 9.46 Å². The Labute approximate surface area is 56.5 Å². The third-order valence-corrected chi connectivity index (χ3v) is 1.31. The van der Waals surface area contributed by atoms with E-state index in [0.29, 0.717) is 5.92 Å². The van der Waals surface area contributed by atoms with Crippen molar-refractivity contribution in [3.05, 3.63) is 11.9 Å². The predicted molar refractivity (Wildman–Crippen MR) is 38.4 cm³/mol. The fraction of sp³-hybridized carbons (Fsp3) is 0.667. The highest BCUT2D eigenvalue weighted by Crippen LogP contribution is 2.15. The van der Waals surface area contributed by atoms with E-state index in [9.17, 15) is 4.57 Å². The lowest BCUT2D eigenvalue weighted by molar-refractivity contribution is 0.512. The van der Waals surface area contributed by atoms with Gasteiger partial charge in [0.05, 0.1) is 0 Å². The quantitative estimate of drug-likeness (QED) is 0.622. The minimum atomic E-state index is -2.06. The Bertz CT molecular complexity index is 118. The molecule has 0 bridgehead atoms. The maximum Gasteiger partial charge on any atom is 0.537 e. The van der Waals surface area contributed by atoms with E-state index >= 15 is 0 Å². The van der Waals surface area contributed by atoms with Crippen LogP contribution >= 0.6 is 8.03 Å². The van der Waals surface area contributed by atoms with Gasteiger partial charge in [-0.1, -0.05) is 13.8 Å². The molecule has 0 saturated carbocycles. The molecule has 0 aliphatic heterocycles. The normalized spacial score (nSPS) is 13.1. The molecule has 52 valence electrons. The van der Waals surface area contributed by atoms with Crippen LogP contribution in [0.25, 0.3) is 0 Å². The van der Waals surface area contributed by atoms with Gasteiger partial charge in [0.1, 0.15) is 0 Å². The highest BCUT2D eigenvalue weighted by Gasteiger charge is 2.00. The Kier molecular flexibility index (Phi) is 4.55. The van der Waals surface area contributed by atoms with Crippen molar-refractivity contribution in [2.75, 3.05) is 0 Å². The van der Waals surface area contributed by atoms with Crippen molar-refractivity contribution in [2.24, 2.45) is 5.92 Å². The molecule has 0 aliphatic carbocycles. The predicted octanol–water partition coefficient (Wildman–Crippen LogP) is 2.28. The summed E-state index contributed by atoms with van der Waals surface area (Å²) in [5, 5.41) is 0. The molecular weight excluding hydrogens is 135 g/mol. The van der Waals surface area contributed by atoms with Crippen molar-refractivity contribution >= 4 is 8.03 Å². The summed E-state index contributed by atoms with van der Waals surface area (Å²) in [7, 11) is -2.06. The molecule has 0 spiro atoms. The fourth-order valence-corrected chi connectivity index (χ4v) is 0.725. The molecule has 0 fully saturated rings. The molecule has 3 heteroatoms. The number of allylic oxidation sites excluding steroid dienone is 1. The average molecular weight is 147 g/mol. The van der Waals surface area contributed by atoms with E-state index in [4.69, 9.17) is 4.89 Å². The van der Waals surface area contributed by atoms with Gasteiger partial charge in [-0.15, -0.1) is 0 Å². The zero-order chi connectivity index (χ0) is 7.28. The van der Waals surface area contributed by atoms with E-state index in [1.165, 1.54) is 5.82 Å². The topological polar surface area (TPSA) is 37.3 Å².